The van der Waals surface area contributed by atoms with E-state index < -0.39 is 0 Å². The molecular formula is C29H31N3O3. The van der Waals surface area contributed by atoms with Crippen LogP contribution in [-0.4, -0.2) is 40.7 Å². The van der Waals surface area contributed by atoms with Crippen LogP contribution in [0.25, 0.3) is 16.6 Å². The molecule has 1 saturated heterocycles. The molecule has 0 amide bonds. The number of carbonyl (C=O) groups excluding carboxylic acids is 1. The summed E-state index contributed by atoms with van der Waals surface area (Å²) in [6, 6.07) is 19.0. The van der Waals surface area contributed by atoms with Crippen molar-refractivity contribution >= 4 is 16.9 Å². The van der Waals surface area contributed by atoms with Gasteiger partial charge < -0.3 is 14.0 Å². The Balaban J connectivity index is 1.48. The first kappa shape index (κ1) is 23.1. The summed E-state index contributed by atoms with van der Waals surface area (Å²) in [5, 5.41) is 0.881. The standard InChI is InChI=1S/C29H31N3O3/c1-4-35-29(33)26-19-32(28-9-6-5-8-25(26)28)23-16-22(17-30-18-23)27-10-7-15-31(27)20(2)21-11-13-24(34-3)14-12-21/h5-6,8-9,11-14,16-20,27H,4,7,10,15H2,1-3H3/t20-,27+/m1/s1. The zero-order valence-corrected chi connectivity index (χ0v) is 20.5. The number of carbonyl (C=O) groups is 1. The number of benzene rings is 2. The van der Waals surface area contributed by atoms with E-state index in [0.717, 1.165) is 41.7 Å². The van der Waals surface area contributed by atoms with Crippen molar-refractivity contribution < 1.29 is 14.3 Å². The minimum Gasteiger partial charge on any atom is -0.497 e. The monoisotopic (exact) mass is 469 g/mol. The van der Waals surface area contributed by atoms with Gasteiger partial charge in [-0.3, -0.25) is 9.88 Å². The van der Waals surface area contributed by atoms with Gasteiger partial charge in [0.05, 0.1) is 36.7 Å². The Kier molecular flexibility index (Phi) is 6.55. The highest BCUT2D eigenvalue weighted by Crippen LogP contribution is 2.39. The summed E-state index contributed by atoms with van der Waals surface area (Å²) in [5.74, 6) is 0.568. The normalized spacial score (nSPS) is 16.9. The highest BCUT2D eigenvalue weighted by Gasteiger charge is 2.31. The smallest absolute Gasteiger partial charge is 0.340 e. The van der Waals surface area contributed by atoms with E-state index in [1.54, 1.807) is 7.11 Å². The van der Waals surface area contributed by atoms with Crippen LogP contribution in [0, 0.1) is 0 Å². The molecule has 2 atom stereocenters. The van der Waals surface area contributed by atoms with E-state index in [9.17, 15) is 4.79 Å². The summed E-state index contributed by atoms with van der Waals surface area (Å²) in [5.41, 5.74) is 4.94. The van der Waals surface area contributed by atoms with Crippen LogP contribution in [0.5, 0.6) is 5.75 Å². The molecule has 3 heterocycles. The van der Waals surface area contributed by atoms with Crippen molar-refractivity contribution in [2.45, 2.75) is 38.8 Å². The van der Waals surface area contributed by atoms with E-state index in [4.69, 9.17) is 9.47 Å². The summed E-state index contributed by atoms with van der Waals surface area (Å²) in [4.78, 5) is 19.8. The van der Waals surface area contributed by atoms with Crippen LogP contribution in [0.4, 0.5) is 0 Å². The van der Waals surface area contributed by atoms with Crippen LogP contribution in [0.3, 0.4) is 0 Å². The summed E-state index contributed by atoms with van der Waals surface area (Å²) < 4.78 is 12.7. The third-order valence-electron chi connectivity index (χ3n) is 7.01. The molecule has 5 rings (SSSR count). The number of nitrogens with zero attached hydrogens (tertiary/aromatic N) is 3. The molecule has 0 radical (unpaired) electrons. The molecule has 0 N–H and O–H groups in total. The molecule has 2 aromatic carbocycles. The SMILES string of the molecule is CCOC(=O)c1cn(-c2cncc([C@@H]3CCCN3[C@H](C)c3ccc(OC)cc3)c2)c2ccccc12. The van der Waals surface area contributed by atoms with E-state index in [1.165, 1.54) is 11.1 Å². The molecule has 4 aromatic rings. The van der Waals surface area contributed by atoms with Gasteiger partial charge in [-0.25, -0.2) is 4.79 Å². The van der Waals surface area contributed by atoms with Gasteiger partial charge in [0.25, 0.3) is 0 Å². The number of para-hydroxylation sites is 1. The fraction of sp³-hybridized carbons (Fsp3) is 0.310. The van der Waals surface area contributed by atoms with E-state index in [-0.39, 0.29) is 18.1 Å². The topological polar surface area (TPSA) is 56.6 Å². The second-order valence-electron chi connectivity index (χ2n) is 8.97. The second kappa shape index (κ2) is 9.92. The molecule has 35 heavy (non-hydrogen) atoms. The minimum atomic E-state index is -0.304. The number of likely N-dealkylation sites (tertiary alicyclic amines) is 1. The van der Waals surface area contributed by atoms with Gasteiger partial charge in [0.15, 0.2) is 0 Å². The average Bonchev–Trinajstić information content (AvgIpc) is 3.54. The zero-order chi connectivity index (χ0) is 24.4. The lowest BCUT2D eigenvalue weighted by atomic mass is 10.0. The van der Waals surface area contributed by atoms with Gasteiger partial charge in [-0.15, -0.1) is 0 Å². The number of esters is 1. The van der Waals surface area contributed by atoms with Gasteiger partial charge in [0.1, 0.15) is 5.75 Å². The van der Waals surface area contributed by atoms with Crippen molar-refractivity contribution in [1.82, 2.24) is 14.5 Å². The molecule has 180 valence electrons. The lowest BCUT2D eigenvalue weighted by molar-refractivity contribution is 0.0528. The maximum atomic E-state index is 12.6. The third-order valence-corrected chi connectivity index (χ3v) is 7.01. The van der Waals surface area contributed by atoms with Crippen LogP contribution in [-0.2, 0) is 4.74 Å². The Morgan fingerprint density at radius 3 is 2.71 bits per heavy atom. The average molecular weight is 470 g/mol. The number of hydrogen-bond acceptors (Lipinski definition) is 5. The van der Waals surface area contributed by atoms with Gasteiger partial charge in [0, 0.05) is 29.9 Å². The summed E-state index contributed by atoms with van der Waals surface area (Å²) in [7, 11) is 1.69. The van der Waals surface area contributed by atoms with Crippen molar-refractivity contribution in [1.29, 1.82) is 0 Å². The number of methoxy groups -OCH3 is 1. The lowest BCUT2D eigenvalue weighted by Crippen LogP contribution is -2.26. The summed E-state index contributed by atoms with van der Waals surface area (Å²) >= 11 is 0. The molecule has 0 bridgehead atoms. The predicted octanol–water partition coefficient (Wildman–Crippen LogP) is 6.11. The maximum absolute atomic E-state index is 12.6. The molecular weight excluding hydrogens is 438 g/mol. The second-order valence-corrected chi connectivity index (χ2v) is 8.97. The van der Waals surface area contributed by atoms with Gasteiger partial charge in [-0.2, -0.15) is 0 Å². The molecule has 1 fully saturated rings. The van der Waals surface area contributed by atoms with E-state index in [0.29, 0.717) is 12.2 Å². The fourth-order valence-electron chi connectivity index (χ4n) is 5.21. The van der Waals surface area contributed by atoms with Crippen molar-refractivity contribution in [2.75, 3.05) is 20.3 Å². The Morgan fingerprint density at radius 1 is 1.14 bits per heavy atom. The molecule has 6 nitrogen and oxygen atoms in total. The highest BCUT2D eigenvalue weighted by atomic mass is 16.5. The lowest BCUT2D eigenvalue weighted by Gasteiger charge is -2.31. The molecule has 2 aromatic heterocycles. The quantitative estimate of drug-likeness (QED) is 0.306. The number of aromatic nitrogens is 2. The summed E-state index contributed by atoms with van der Waals surface area (Å²) in [6.45, 7) is 5.48. The fourth-order valence-corrected chi connectivity index (χ4v) is 5.21. The van der Waals surface area contributed by atoms with Crippen LogP contribution in [0.1, 0.15) is 60.3 Å². The zero-order valence-electron chi connectivity index (χ0n) is 20.5. The Bertz CT molecular complexity index is 1330. The van der Waals surface area contributed by atoms with Crippen LogP contribution < -0.4 is 4.74 Å². The first-order valence-corrected chi connectivity index (χ1v) is 12.2. The highest BCUT2D eigenvalue weighted by molar-refractivity contribution is 6.04. The molecule has 6 heteroatoms. The number of ether oxygens (including phenoxy) is 2. The van der Waals surface area contributed by atoms with E-state index in [1.807, 2.05) is 66.5 Å². The van der Waals surface area contributed by atoms with Crippen LogP contribution in [0.15, 0.2) is 73.2 Å². The van der Waals surface area contributed by atoms with Gasteiger partial charge >= 0.3 is 5.97 Å². The number of hydrogen-bond donors (Lipinski definition) is 0. The van der Waals surface area contributed by atoms with Crippen molar-refractivity contribution in [3.63, 3.8) is 0 Å². The Labute approximate surface area is 206 Å². The first-order valence-electron chi connectivity index (χ1n) is 12.2. The van der Waals surface area contributed by atoms with Crippen molar-refractivity contribution in [3.05, 3.63) is 89.9 Å². The van der Waals surface area contributed by atoms with Gasteiger partial charge in [-0.1, -0.05) is 30.3 Å². The third kappa shape index (κ3) is 4.42. The molecule has 1 aliphatic rings. The van der Waals surface area contributed by atoms with E-state index >= 15 is 0 Å². The molecule has 0 aliphatic carbocycles. The summed E-state index contributed by atoms with van der Waals surface area (Å²) in [6.07, 6.45) is 7.94. The minimum absolute atomic E-state index is 0.278. The first-order chi connectivity index (χ1) is 17.1. The Hall–Kier alpha value is -3.64. The van der Waals surface area contributed by atoms with E-state index in [2.05, 4.69) is 35.0 Å². The molecule has 0 saturated carbocycles. The molecule has 0 unspecified atom stereocenters. The molecule has 0 spiro atoms. The number of rotatable bonds is 7. The number of pyridine rings is 1. The van der Waals surface area contributed by atoms with Gasteiger partial charge in [0.2, 0.25) is 0 Å². The molecule has 1 aliphatic heterocycles. The largest absolute Gasteiger partial charge is 0.497 e. The Morgan fingerprint density at radius 2 is 1.94 bits per heavy atom. The van der Waals surface area contributed by atoms with Crippen molar-refractivity contribution in [3.8, 4) is 11.4 Å². The van der Waals surface area contributed by atoms with Crippen LogP contribution >= 0.6 is 0 Å². The van der Waals surface area contributed by atoms with Gasteiger partial charge in [-0.05, 0) is 68.6 Å². The van der Waals surface area contributed by atoms with Crippen LogP contribution in [0.2, 0.25) is 0 Å². The predicted molar refractivity (Wildman–Crippen MR) is 137 cm³/mol. The van der Waals surface area contributed by atoms with Crippen molar-refractivity contribution in [2.24, 2.45) is 0 Å². The number of fused-ring (bicyclic) bond motifs is 1. The maximum Gasteiger partial charge on any atom is 0.340 e.